The van der Waals surface area contributed by atoms with Crippen LogP contribution in [-0.4, -0.2) is 33.3 Å². The van der Waals surface area contributed by atoms with Crippen molar-refractivity contribution in [3.05, 3.63) is 89.5 Å². The van der Waals surface area contributed by atoms with E-state index in [1.165, 1.54) is 11.4 Å². The van der Waals surface area contributed by atoms with E-state index < -0.39 is 10.0 Å². The fourth-order valence-corrected chi connectivity index (χ4v) is 4.43. The van der Waals surface area contributed by atoms with Crippen LogP contribution in [0, 0.1) is 6.92 Å². The van der Waals surface area contributed by atoms with Gasteiger partial charge in [0.25, 0.3) is 21.8 Å². The molecule has 2 N–H and O–H groups in total. The van der Waals surface area contributed by atoms with Crippen molar-refractivity contribution in [1.82, 2.24) is 5.32 Å². The molecule has 0 heterocycles. The minimum atomic E-state index is -3.71. The monoisotopic (exact) mass is 463 g/mol. The van der Waals surface area contributed by atoms with Gasteiger partial charge in [0, 0.05) is 29.9 Å². The molecule has 0 aliphatic heterocycles. The van der Waals surface area contributed by atoms with E-state index in [0.29, 0.717) is 22.5 Å². The predicted octanol–water partition coefficient (Wildman–Crippen LogP) is 3.96. The summed E-state index contributed by atoms with van der Waals surface area (Å²) in [7, 11) is -2.23. The molecule has 33 heavy (non-hydrogen) atoms. The van der Waals surface area contributed by atoms with Gasteiger partial charge in [-0.3, -0.25) is 13.9 Å². The quantitative estimate of drug-likeness (QED) is 0.554. The number of sulfonamides is 1. The predicted molar refractivity (Wildman–Crippen MR) is 128 cm³/mol. The summed E-state index contributed by atoms with van der Waals surface area (Å²) in [6.45, 7) is 1.89. The highest BCUT2D eigenvalue weighted by molar-refractivity contribution is 7.92. The van der Waals surface area contributed by atoms with Crippen LogP contribution in [-0.2, 0) is 10.0 Å². The molecule has 0 spiro atoms. The first-order chi connectivity index (χ1) is 15.7. The number of carbonyl (C=O) groups is 2. The standard InChI is InChI=1S/C25H25N3O4S/c1-17-3-15-23(16-4-17)33(31,32)28(2)22-13-7-19(8-14-22)25(30)26-20-9-5-18(6-10-20)24(29)27-21-11-12-21/h3-10,13-16,21H,11-12H2,1-2H3,(H,26,30)(H,27,29). The number of hydrogen-bond acceptors (Lipinski definition) is 4. The summed E-state index contributed by atoms with van der Waals surface area (Å²) in [4.78, 5) is 24.9. The maximum absolute atomic E-state index is 12.9. The maximum atomic E-state index is 12.9. The van der Waals surface area contributed by atoms with Crippen LogP contribution in [0.5, 0.6) is 0 Å². The third-order valence-corrected chi connectivity index (χ3v) is 7.29. The molecular weight excluding hydrogens is 438 g/mol. The van der Waals surface area contributed by atoms with Crippen molar-refractivity contribution in [2.24, 2.45) is 0 Å². The first kappa shape index (κ1) is 22.5. The van der Waals surface area contributed by atoms with Gasteiger partial charge in [-0.25, -0.2) is 8.42 Å². The molecule has 8 heteroatoms. The molecule has 170 valence electrons. The van der Waals surface area contributed by atoms with Gasteiger partial charge < -0.3 is 10.6 Å². The lowest BCUT2D eigenvalue weighted by Crippen LogP contribution is -2.26. The van der Waals surface area contributed by atoms with Crippen molar-refractivity contribution < 1.29 is 18.0 Å². The van der Waals surface area contributed by atoms with E-state index in [1.807, 2.05) is 6.92 Å². The number of aryl methyl sites for hydroxylation is 1. The van der Waals surface area contributed by atoms with Crippen LogP contribution < -0.4 is 14.9 Å². The molecule has 0 unspecified atom stereocenters. The number of anilines is 2. The number of amides is 2. The molecule has 4 rings (SSSR count). The molecule has 0 saturated heterocycles. The van der Waals surface area contributed by atoms with Crippen molar-refractivity contribution in [2.75, 3.05) is 16.7 Å². The van der Waals surface area contributed by atoms with Crippen LogP contribution >= 0.6 is 0 Å². The van der Waals surface area contributed by atoms with Gasteiger partial charge in [0.1, 0.15) is 0 Å². The highest BCUT2D eigenvalue weighted by Crippen LogP contribution is 2.23. The van der Waals surface area contributed by atoms with Crippen LogP contribution in [0.25, 0.3) is 0 Å². The topological polar surface area (TPSA) is 95.6 Å². The highest BCUT2D eigenvalue weighted by atomic mass is 32.2. The summed E-state index contributed by atoms with van der Waals surface area (Å²) in [5, 5.41) is 5.71. The van der Waals surface area contributed by atoms with Crippen LogP contribution in [0.2, 0.25) is 0 Å². The Labute approximate surface area is 193 Å². The van der Waals surface area contributed by atoms with E-state index in [-0.39, 0.29) is 22.8 Å². The molecule has 7 nitrogen and oxygen atoms in total. The minimum Gasteiger partial charge on any atom is -0.349 e. The lowest BCUT2D eigenvalue weighted by Gasteiger charge is -2.20. The van der Waals surface area contributed by atoms with Crippen LogP contribution in [0.15, 0.2) is 77.7 Å². The largest absolute Gasteiger partial charge is 0.349 e. The van der Waals surface area contributed by atoms with Gasteiger partial charge >= 0.3 is 0 Å². The average molecular weight is 464 g/mol. The number of benzene rings is 3. The summed E-state index contributed by atoms with van der Waals surface area (Å²) in [5.74, 6) is -0.448. The van der Waals surface area contributed by atoms with E-state index >= 15 is 0 Å². The number of carbonyl (C=O) groups excluding carboxylic acids is 2. The number of rotatable bonds is 7. The summed E-state index contributed by atoms with van der Waals surface area (Å²) < 4.78 is 26.9. The zero-order valence-corrected chi connectivity index (χ0v) is 19.2. The lowest BCUT2D eigenvalue weighted by molar-refractivity contribution is 0.0950. The van der Waals surface area contributed by atoms with E-state index in [4.69, 9.17) is 0 Å². The van der Waals surface area contributed by atoms with Gasteiger partial charge in [-0.15, -0.1) is 0 Å². The number of nitrogens with one attached hydrogen (secondary N) is 2. The second-order valence-electron chi connectivity index (χ2n) is 8.11. The Morgan fingerprint density at radius 1 is 0.818 bits per heavy atom. The van der Waals surface area contributed by atoms with Crippen molar-refractivity contribution >= 4 is 33.2 Å². The first-order valence-corrected chi connectivity index (χ1v) is 12.1. The fraction of sp³-hybridized carbons (Fsp3) is 0.200. The molecule has 1 aliphatic carbocycles. The zero-order chi connectivity index (χ0) is 23.6. The van der Waals surface area contributed by atoms with Crippen molar-refractivity contribution in [1.29, 1.82) is 0 Å². The summed E-state index contributed by atoms with van der Waals surface area (Å²) in [5.41, 5.74) is 2.91. The normalized spacial score (nSPS) is 13.3. The Morgan fingerprint density at radius 2 is 1.36 bits per heavy atom. The third-order valence-electron chi connectivity index (χ3n) is 5.49. The van der Waals surface area contributed by atoms with Gasteiger partial charge in [-0.1, -0.05) is 17.7 Å². The average Bonchev–Trinajstić information content (AvgIpc) is 3.63. The van der Waals surface area contributed by atoms with E-state index in [1.54, 1.807) is 72.8 Å². The summed E-state index contributed by atoms with van der Waals surface area (Å²) in [6, 6.07) is 19.9. The molecule has 1 fully saturated rings. The van der Waals surface area contributed by atoms with Crippen molar-refractivity contribution in [3.8, 4) is 0 Å². The Balaban J connectivity index is 1.41. The Morgan fingerprint density at radius 3 is 1.94 bits per heavy atom. The number of hydrogen-bond donors (Lipinski definition) is 2. The van der Waals surface area contributed by atoms with Gasteiger partial charge in [0.05, 0.1) is 10.6 Å². The van der Waals surface area contributed by atoms with Gasteiger partial charge in [-0.05, 0) is 80.4 Å². The molecule has 1 aliphatic rings. The van der Waals surface area contributed by atoms with Crippen LogP contribution in [0.4, 0.5) is 11.4 Å². The Bertz CT molecular complexity index is 1260. The Hall–Kier alpha value is -3.65. The number of nitrogens with zero attached hydrogens (tertiary/aromatic N) is 1. The second-order valence-corrected chi connectivity index (χ2v) is 10.1. The van der Waals surface area contributed by atoms with Gasteiger partial charge in [0.2, 0.25) is 0 Å². The molecule has 3 aromatic carbocycles. The molecule has 0 atom stereocenters. The van der Waals surface area contributed by atoms with Crippen LogP contribution in [0.1, 0.15) is 39.1 Å². The highest BCUT2D eigenvalue weighted by Gasteiger charge is 2.24. The molecule has 0 aromatic heterocycles. The molecule has 0 bridgehead atoms. The zero-order valence-electron chi connectivity index (χ0n) is 18.4. The first-order valence-electron chi connectivity index (χ1n) is 10.6. The maximum Gasteiger partial charge on any atom is 0.264 e. The van der Waals surface area contributed by atoms with E-state index in [0.717, 1.165) is 18.4 Å². The third kappa shape index (κ3) is 5.23. The van der Waals surface area contributed by atoms with Crippen molar-refractivity contribution in [3.63, 3.8) is 0 Å². The van der Waals surface area contributed by atoms with Crippen LogP contribution in [0.3, 0.4) is 0 Å². The molecule has 1 saturated carbocycles. The van der Waals surface area contributed by atoms with Gasteiger partial charge in [-0.2, -0.15) is 0 Å². The SMILES string of the molecule is Cc1ccc(S(=O)(=O)N(C)c2ccc(C(=O)Nc3ccc(C(=O)NC4CC4)cc3)cc2)cc1. The van der Waals surface area contributed by atoms with E-state index in [9.17, 15) is 18.0 Å². The smallest absolute Gasteiger partial charge is 0.264 e. The second kappa shape index (κ2) is 9.07. The fourth-order valence-electron chi connectivity index (χ4n) is 3.23. The lowest BCUT2D eigenvalue weighted by atomic mass is 10.1. The Kier molecular flexibility index (Phi) is 6.20. The minimum absolute atomic E-state index is 0.115. The summed E-state index contributed by atoms with van der Waals surface area (Å²) >= 11 is 0. The molecule has 3 aromatic rings. The molecule has 0 radical (unpaired) electrons. The summed E-state index contributed by atoms with van der Waals surface area (Å²) in [6.07, 6.45) is 2.04. The van der Waals surface area contributed by atoms with Crippen molar-refractivity contribution in [2.45, 2.75) is 30.7 Å². The van der Waals surface area contributed by atoms with Gasteiger partial charge in [0.15, 0.2) is 0 Å². The molecule has 2 amide bonds. The van der Waals surface area contributed by atoms with E-state index in [2.05, 4.69) is 10.6 Å². The molecular formula is C25H25N3O4S.